The van der Waals surface area contributed by atoms with Gasteiger partial charge in [-0.25, -0.2) is 0 Å². The Morgan fingerprint density at radius 1 is 1.10 bits per heavy atom. The van der Waals surface area contributed by atoms with Gasteiger partial charge in [0.25, 0.3) is 0 Å². The van der Waals surface area contributed by atoms with E-state index in [1.54, 1.807) is 0 Å². The van der Waals surface area contributed by atoms with E-state index in [0.717, 1.165) is 21.5 Å². The van der Waals surface area contributed by atoms with E-state index in [4.69, 9.17) is 10.5 Å². The molecular weight excluding hydrogens is 326 g/mol. The van der Waals surface area contributed by atoms with Crippen LogP contribution >= 0.6 is 15.9 Å². The molecule has 21 heavy (non-hydrogen) atoms. The van der Waals surface area contributed by atoms with Crippen LogP contribution in [0.2, 0.25) is 0 Å². The molecule has 0 saturated heterocycles. The van der Waals surface area contributed by atoms with Gasteiger partial charge in [0.15, 0.2) is 0 Å². The second-order valence-electron chi connectivity index (χ2n) is 6.36. The first-order valence-electron chi connectivity index (χ1n) is 7.11. The van der Waals surface area contributed by atoms with Crippen molar-refractivity contribution >= 4 is 15.9 Å². The lowest BCUT2D eigenvalue weighted by Crippen LogP contribution is -2.10. The summed E-state index contributed by atoms with van der Waals surface area (Å²) in [6, 6.07) is 14.2. The van der Waals surface area contributed by atoms with Crippen LogP contribution in [0.1, 0.15) is 44.9 Å². The molecule has 0 heterocycles. The highest BCUT2D eigenvalue weighted by atomic mass is 79.9. The molecule has 2 rings (SSSR count). The van der Waals surface area contributed by atoms with Gasteiger partial charge in [-0.15, -0.1) is 0 Å². The molecule has 0 amide bonds. The molecule has 2 nitrogen and oxygen atoms in total. The minimum Gasteiger partial charge on any atom is -0.456 e. The maximum absolute atomic E-state index is 5.99. The van der Waals surface area contributed by atoms with Crippen molar-refractivity contribution in [1.29, 1.82) is 0 Å². The molecule has 0 aliphatic carbocycles. The van der Waals surface area contributed by atoms with Crippen LogP contribution in [0.25, 0.3) is 0 Å². The van der Waals surface area contributed by atoms with Crippen LogP contribution in [0.3, 0.4) is 0 Å². The van der Waals surface area contributed by atoms with Crippen molar-refractivity contribution in [2.45, 2.75) is 39.2 Å². The largest absolute Gasteiger partial charge is 0.456 e. The fraction of sp³-hybridized carbons (Fsp3) is 0.333. The molecule has 2 N–H and O–H groups in total. The Bertz CT molecular complexity index is 629. The molecule has 2 aromatic carbocycles. The monoisotopic (exact) mass is 347 g/mol. The molecule has 0 spiro atoms. The second kappa shape index (κ2) is 6.20. The van der Waals surface area contributed by atoms with Crippen LogP contribution < -0.4 is 10.5 Å². The van der Waals surface area contributed by atoms with E-state index < -0.39 is 0 Å². The van der Waals surface area contributed by atoms with Gasteiger partial charge in [0.1, 0.15) is 11.5 Å². The van der Waals surface area contributed by atoms with Crippen molar-refractivity contribution in [2.24, 2.45) is 5.73 Å². The van der Waals surface area contributed by atoms with Gasteiger partial charge >= 0.3 is 0 Å². The first-order chi connectivity index (χ1) is 9.77. The summed E-state index contributed by atoms with van der Waals surface area (Å²) < 4.78 is 6.91. The van der Waals surface area contributed by atoms with Gasteiger partial charge < -0.3 is 10.5 Å². The van der Waals surface area contributed by atoms with Crippen LogP contribution in [0.15, 0.2) is 46.9 Å². The molecular formula is C18H22BrNO. The summed E-state index contributed by atoms with van der Waals surface area (Å²) in [6.45, 7) is 8.55. The summed E-state index contributed by atoms with van der Waals surface area (Å²) in [6.07, 6.45) is 0. The highest BCUT2D eigenvalue weighted by Crippen LogP contribution is 2.33. The number of nitrogens with two attached hydrogens (primary N) is 1. The number of hydrogen-bond donors (Lipinski definition) is 1. The predicted octanol–water partition coefficient (Wildman–Crippen LogP) is 5.56. The highest BCUT2D eigenvalue weighted by molar-refractivity contribution is 9.10. The van der Waals surface area contributed by atoms with Crippen molar-refractivity contribution in [3.05, 3.63) is 58.1 Å². The molecule has 0 radical (unpaired) electrons. The van der Waals surface area contributed by atoms with Gasteiger partial charge in [0.05, 0.1) is 4.47 Å². The molecule has 1 atom stereocenters. The van der Waals surface area contributed by atoms with Gasteiger partial charge in [0, 0.05) is 6.04 Å². The second-order valence-corrected chi connectivity index (χ2v) is 7.21. The number of halogens is 1. The lowest BCUT2D eigenvalue weighted by Gasteiger charge is -2.20. The molecule has 0 aliphatic rings. The Kier molecular flexibility index (Phi) is 4.74. The molecule has 0 aliphatic heterocycles. The van der Waals surface area contributed by atoms with Crippen LogP contribution in [0.5, 0.6) is 11.5 Å². The van der Waals surface area contributed by atoms with E-state index in [1.807, 2.05) is 37.3 Å². The van der Waals surface area contributed by atoms with Crippen molar-refractivity contribution in [3.8, 4) is 11.5 Å². The first-order valence-corrected chi connectivity index (χ1v) is 7.90. The molecule has 2 aromatic rings. The zero-order valence-electron chi connectivity index (χ0n) is 13.0. The smallest absolute Gasteiger partial charge is 0.141 e. The third kappa shape index (κ3) is 4.08. The molecule has 3 heteroatoms. The summed E-state index contributed by atoms with van der Waals surface area (Å²) >= 11 is 3.55. The first kappa shape index (κ1) is 16.1. The molecule has 0 saturated carbocycles. The molecule has 0 aromatic heterocycles. The Labute approximate surface area is 135 Å². The van der Waals surface area contributed by atoms with Crippen molar-refractivity contribution < 1.29 is 4.74 Å². The normalized spacial score (nSPS) is 13.0. The Morgan fingerprint density at radius 3 is 2.38 bits per heavy atom. The standard InChI is InChI=1S/C18H22BrNO/c1-12(20)13-8-9-17(16(19)10-13)21-15-7-5-6-14(11-15)18(2,3)4/h5-12H,20H2,1-4H3/t12-/m0/s1. The number of benzene rings is 2. The van der Waals surface area contributed by atoms with E-state index in [0.29, 0.717) is 0 Å². The number of ether oxygens (including phenoxy) is 1. The van der Waals surface area contributed by atoms with Crippen LogP contribution in [-0.2, 0) is 5.41 Å². The molecule has 112 valence electrons. The SMILES string of the molecule is C[C@H](N)c1ccc(Oc2cccc(C(C)(C)C)c2)c(Br)c1. The third-order valence-electron chi connectivity index (χ3n) is 3.41. The summed E-state index contributed by atoms with van der Waals surface area (Å²) in [5.74, 6) is 1.64. The fourth-order valence-corrected chi connectivity index (χ4v) is 2.51. The van der Waals surface area contributed by atoms with Gasteiger partial charge in [-0.3, -0.25) is 0 Å². The van der Waals surface area contributed by atoms with Crippen molar-refractivity contribution in [3.63, 3.8) is 0 Å². The lowest BCUT2D eigenvalue weighted by atomic mass is 9.87. The Balaban J connectivity index is 2.26. The maximum atomic E-state index is 5.99. The summed E-state index contributed by atoms with van der Waals surface area (Å²) in [7, 11) is 0. The maximum Gasteiger partial charge on any atom is 0.141 e. The Morgan fingerprint density at radius 2 is 1.81 bits per heavy atom. The number of rotatable bonds is 3. The van der Waals surface area contributed by atoms with Crippen LogP contribution in [0, 0.1) is 0 Å². The summed E-state index contributed by atoms with van der Waals surface area (Å²) in [5.41, 5.74) is 8.33. The zero-order chi connectivity index (χ0) is 15.6. The average molecular weight is 348 g/mol. The minimum absolute atomic E-state index is 0.0135. The quantitative estimate of drug-likeness (QED) is 0.788. The van der Waals surface area contributed by atoms with Crippen molar-refractivity contribution in [1.82, 2.24) is 0 Å². The lowest BCUT2D eigenvalue weighted by molar-refractivity contribution is 0.475. The average Bonchev–Trinajstić information content (AvgIpc) is 2.40. The van der Waals surface area contributed by atoms with E-state index in [-0.39, 0.29) is 11.5 Å². The van der Waals surface area contributed by atoms with Gasteiger partial charge in [-0.1, -0.05) is 39.0 Å². The minimum atomic E-state index is 0.0135. The van der Waals surface area contributed by atoms with E-state index in [2.05, 4.69) is 48.8 Å². The van der Waals surface area contributed by atoms with E-state index >= 15 is 0 Å². The van der Waals surface area contributed by atoms with Crippen LogP contribution in [0.4, 0.5) is 0 Å². The summed E-state index contributed by atoms with van der Waals surface area (Å²) in [5, 5.41) is 0. The highest BCUT2D eigenvalue weighted by Gasteiger charge is 2.14. The van der Waals surface area contributed by atoms with Gasteiger partial charge in [0.2, 0.25) is 0 Å². The zero-order valence-corrected chi connectivity index (χ0v) is 14.6. The number of hydrogen-bond acceptors (Lipinski definition) is 2. The van der Waals surface area contributed by atoms with Crippen molar-refractivity contribution in [2.75, 3.05) is 0 Å². The van der Waals surface area contributed by atoms with Crippen LogP contribution in [-0.4, -0.2) is 0 Å². The van der Waals surface area contributed by atoms with E-state index in [1.165, 1.54) is 5.56 Å². The molecule has 0 unspecified atom stereocenters. The predicted molar refractivity (Wildman–Crippen MR) is 92.0 cm³/mol. The van der Waals surface area contributed by atoms with Gasteiger partial charge in [-0.2, -0.15) is 0 Å². The Hall–Kier alpha value is -1.32. The molecule has 0 fully saturated rings. The van der Waals surface area contributed by atoms with E-state index in [9.17, 15) is 0 Å². The van der Waals surface area contributed by atoms with Gasteiger partial charge in [-0.05, 0) is 63.7 Å². The molecule has 0 bridgehead atoms. The topological polar surface area (TPSA) is 35.2 Å². The summed E-state index contributed by atoms with van der Waals surface area (Å²) in [4.78, 5) is 0. The third-order valence-corrected chi connectivity index (χ3v) is 4.03. The fourth-order valence-electron chi connectivity index (χ4n) is 2.04.